The molecule has 4 nitrogen and oxygen atoms in total. The van der Waals surface area contributed by atoms with E-state index in [9.17, 15) is 4.79 Å². The molecule has 1 saturated heterocycles. The Morgan fingerprint density at radius 3 is 1.85 bits per heavy atom. The van der Waals surface area contributed by atoms with Gasteiger partial charge >= 0.3 is 5.97 Å². The van der Waals surface area contributed by atoms with Crippen molar-refractivity contribution >= 4 is 5.97 Å². The maximum absolute atomic E-state index is 11.7. The van der Waals surface area contributed by atoms with Crippen molar-refractivity contribution in [3.8, 4) is 0 Å². The molecular weight excluding hydrogens is 326 g/mol. The molecule has 0 aromatic carbocycles. The van der Waals surface area contributed by atoms with Gasteiger partial charge in [-0.25, -0.2) is 0 Å². The maximum Gasteiger partial charge on any atom is 0.305 e. The molecule has 26 heavy (non-hydrogen) atoms. The van der Waals surface area contributed by atoms with Crippen molar-refractivity contribution < 1.29 is 14.3 Å². The van der Waals surface area contributed by atoms with E-state index < -0.39 is 0 Å². The number of nitrogens with zero attached hydrogens (tertiary/aromatic N) is 1. The van der Waals surface area contributed by atoms with Gasteiger partial charge in [0.15, 0.2) is 0 Å². The molecule has 0 spiro atoms. The van der Waals surface area contributed by atoms with E-state index in [1.54, 1.807) is 0 Å². The lowest BCUT2D eigenvalue weighted by molar-refractivity contribution is -0.144. The second-order valence-electron chi connectivity index (χ2n) is 7.67. The van der Waals surface area contributed by atoms with Crippen LogP contribution in [-0.2, 0) is 14.3 Å². The number of esters is 1. The van der Waals surface area contributed by atoms with Crippen LogP contribution in [-0.4, -0.2) is 50.3 Å². The summed E-state index contributed by atoms with van der Waals surface area (Å²) >= 11 is 0. The van der Waals surface area contributed by atoms with Gasteiger partial charge < -0.3 is 9.47 Å². The highest BCUT2D eigenvalue weighted by atomic mass is 16.5. The molecule has 1 heterocycles. The Bertz CT molecular complexity index is 317. The van der Waals surface area contributed by atoms with E-state index in [1.165, 1.54) is 70.6 Å². The summed E-state index contributed by atoms with van der Waals surface area (Å²) in [6.07, 6.45) is 17.9. The Morgan fingerprint density at radius 2 is 1.31 bits per heavy atom. The maximum atomic E-state index is 11.7. The summed E-state index contributed by atoms with van der Waals surface area (Å²) in [6.45, 7) is 7.15. The van der Waals surface area contributed by atoms with Gasteiger partial charge in [-0.15, -0.1) is 0 Å². The van der Waals surface area contributed by atoms with Crippen LogP contribution in [0.25, 0.3) is 0 Å². The van der Waals surface area contributed by atoms with Gasteiger partial charge in [-0.05, 0) is 6.42 Å². The summed E-state index contributed by atoms with van der Waals surface area (Å²) in [5.41, 5.74) is 0. The zero-order chi connectivity index (χ0) is 18.7. The summed E-state index contributed by atoms with van der Waals surface area (Å²) in [6, 6.07) is 0. The molecule has 0 atom stereocenters. The van der Waals surface area contributed by atoms with Crippen LogP contribution in [0.4, 0.5) is 0 Å². The first-order chi connectivity index (χ1) is 12.8. The van der Waals surface area contributed by atoms with Gasteiger partial charge in [-0.2, -0.15) is 0 Å². The highest BCUT2D eigenvalue weighted by Crippen LogP contribution is 2.13. The first-order valence-electron chi connectivity index (χ1n) is 11.3. The predicted molar refractivity (Wildman–Crippen MR) is 109 cm³/mol. The third-order valence-corrected chi connectivity index (χ3v) is 5.26. The fourth-order valence-electron chi connectivity index (χ4n) is 3.47. The number of rotatable bonds is 17. The van der Waals surface area contributed by atoms with E-state index in [0.717, 1.165) is 45.7 Å². The highest BCUT2D eigenvalue weighted by molar-refractivity contribution is 5.69. The zero-order valence-electron chi connectivity index (χ0n) is 17.3. The van der Waals surface area contributed by atoms with E-state index in [0.29, 0.717) is 13.0 Å². The number of carbonyl (C=O) groups is 1. The zero-order valence-corrected chi connectivity index (χ0v) is 17.3. The molecule has 4 heteroatoms. The Labute approximate surface area is 162 Å². The normalized spacial score (nSPS) is 15.3. The van der Waals surface area contributed by atoms with E-state index in [1.807, 2.05) is 0 Å². The molecule has 1 aliphatic heterocycles. The number of hydrogen-bond acceptors (Lipinski definition) is 4. The summed E-state index contributed by atoms with van der Waals surface area (Å²) in [7, 11) is 0. The lowest BCUT2D eigenvalue weighted by Crippen LogP contribution is -2.38. The Kier molecular flexibility index (Phi) is 16.0. The Balaban J connectivity index is 1.74. The van der Waals surface area contributed by atoms with Crippen LogP contribution in [0.3, 0.4) is 0 Å². The number of ether oxygens (including phenoxy) is 2. The third-order valence-electron chi connectivity index (χ3n) is 5.26. The standard InChI is InChI=1S/C22H43NO3/c1-2-3-4-5-6-7-8-9-10-11-12-13-14-15-22(24)26-21-18-23-16-19-25-20-17-23/h2-21H2,1H3. The molecule has 0 aromatic rings. The van der Waals surface area contributed by atoms with E-state index >= 15 is 0 Å². The molecular formula is C22H43NO3. The lowest BCUT2D eigenvalue weighted by Gasteiger charge is -2.26. The number of morpholine rings is 1. The largest absolute Gasteiger partial charge is 0.464 e. The fourth-order valence-corrected chi connectivity index (χ4v) is 3.47. The minimum Gasteiger partial charge on any atom is -0.464 e. The van der Waals surface area contributed by atoms with Crippen molar-refractivity contribution in [2.24, 2.45) is 0 Å². The molecule has 0 aliphatic carbocycles. The molecule has 154 valence electrons. The van der Waals surface area contributed by atoms with Crippen LogP contribution in [0.5, 0.6) is 0 Å². The molecule has 1 rings (SSSR count). The molecule has 0 N–H and O–H groups in total. The summed E-state index contributed by atoms with van der Waals surface area (Å²) in [5.74, 6) is -0.0265. The van der Waals surface area contributed by atoms with Crippen molar-refractivity contribution in [3.05, 3.63) is 0 Å². The van der Waals surface area contributed by atoms with Gasteiger partial charge in [0.2, 0.25) is 0 Å². The van der Waals surface area contributed by atoms with Crippen LogP contribution < -0.4 is 0 Å². The number of hydrogen-bond donors (Lipinski definition) is 0. The van der Waals surface area contributed by atoms with Crippen LogP contribution in [0.15, 0.2) is 0 Å². The van der Waals surface area contributed by atoms with Crippen molar-refractivity contribution in [2.75, 3.05) is 39.5 Å². The Hall–Kier alpha value is -0.610. The first kappa shape index (κ1) is 23.4. The second kappa shape index (κ2) is 17.8. The molecule has 0 radical (unpaired) electrons. The van der Waals surface area contributed by atoms with Crippen LogP contribution >= 0.6 is 0 Å². The molecule has 1 aliphatic rings. The summed E-state index contributed by atoms with van der Waals surface area (Å²) < 4.78 is 10.6. The number of carbonyl (C=O) groups excluding carboxylic acids is 1. The highest BCUT2D eigenvalue weighted by Gasteiger charge is 2.10. The van der Waals surface area contributed by atoms with Gasteiger partial charge in [0.05, 0.1) is 13.2 Å². The van der Waals surface area contributed by atoms with E-state index in [2.05, 4.69) is 11.8 Å². The van der Waals surface area contributed by atoms with Crippen LogP contribution in [0.1, 0.15) is 96.8 Å². The minimum absolute atomic E-state index is 0.0265. The minimum atomic E-state index is -0.0265. The van der Waals surface area contributed by atoms with Crippen LogP contribution in [0.2, 0.25) is 0 Å². The lowest BCUT2D eigenvalue weighted by atomic mass is 10.0. The van der Waals surface area contributed by atoms with Gasteiger partial charge in [0.1, 0.15) is 6.61 Å². The second-order valence-corrected chi connectivity index (χ2v) is 7.67. The topological polar surface area (TPSA) is 38.8 Å². The average molecular weight is 370 g/mol. The SMILES string of the molecule is CCCCCCCCCCCCCCCC(=O)OCCN1CCOCC1. The molecule has 0 amide bonds. The monoisotopic (exact) mass is 369 g/mol. The average Bonchev–Trinajstić information content (AvgIpc) is 2.66. The van der Waals surface area contributed by atoms with Crippen molar-refractivity contribution in [2.45, 2.75) is 96.8 Å². The van der Waals surface area contributed by atoms with Gasteiger partial charge in [0.25, 0.3) is 0 Å². The first-order valence-corrected chi connectivity index (χ1v) is 11.3. The molecule has 0 bridgehead atoms. The van der Waals surface area contributed by atoms with Crippen molar-refractivity contribution in [3.63, 3.8) is 0 Å². The number of unbranched alkanes of at least 4 members (excludes halogenated alkanes) is 12. The molecule has 0 saturated carbocycles. The van der Waals surface area contributed by atoms with Crippen molar-refractivity contribution in [1.82, 2.24) is 4.90 Å². The van der Waals surface area contributed by atoms with Gasteiger partial charge in [0, 0.05) is 26.1 Å². The smallest absolute Gasteiger partial charge is 0.305 e. The molecule has 0 aromatic heterocycles. The van der Waals surface area contributed by atoms with Gasteiger partial charge in [-0.1, -0.05) is 84.0 Å². The summed E-state index contributed by atoms with van der Waals surface area (Å²) in [4.78, 5) is 14.0. The molecule has 0 unspecified atom stereocenters. The third kappa shape index (κ3) is 14.5. The quantitative estimate of drug-likeness (QED) is 0.256. The van der Waals surface area contributed by atoms with E-state index in [-0.39, 0.29) is 5.97 Å². The summed E-state index contributed by atoms with van der Waals surface area (Å²) in [5, 5.41) is 0. The van der Waals surface area contributed by atoms with E-state index in [4.69, 9.17) is 9.47 Å². The Morgan fingerprint density at radius 1 is 0.808 bits per heavy atom. The van der Waals surface area contributed by atoms with Gasteiger partial charge in [-0.3, -0.25) is 9.69 Å². The van der Waals surface area contributed by atoms with Crippen molar-refractivity contribution in [1.29, 1.82) is 0 Å². The molecule has 1 fully saturated rings. The fraction of sp³-hybridized carbons (Fsp3) is 0.955. The predicted octanol–water partition coefficient (Wildman–Crippen LogP) is 5.34. The van der Waals surface area contributed by atoms with Crippen LogP contribution in [0, 0.1) is 0 Å².